The second-order valence-corrected chi connectivity index (χ2v) is 7.24. The molecule has 0 bridgehead atoms. The number of aromatic nitrogens is 4. The van der Waals surface area contributed by atoms with Crippen LogP contribution in [0.3, 0.4) is 0 Å². The maximum absolute atomic E-state index is 12.7. The Morgan fingerprint density at radius 3 is 2.72 bits per heavy atom. The van der Waals surface area contributed by atoms with Crippen molar-refractivity contribution in [3.63, 3.8) is 0 Å². The molecule has 0 N–H and O–H groups in total. The van der Waals surface area contributed by atoms with Gasteiger partial charge in [-0.1, -0.05) is 0 Å². The van der Waals surface area contributed by atoms with Crippen LogP contribution in [0.15, 0.2) is 15.9 Å². The van der Waals surface area contributed by atoms with Crippen LogP contribution in [-0.2, 0) is 20.6 Å². The molecule has 25 heavy (non-hydrogen) atoms. The minimum Gasteiger partial charge on any atom is -0.328 e. The fourth-order valence-electron chi connectivity index (χ4n) is 3.70. The maximum Gasteiger partial charge on any atom is 0.332 e. The molecular formula is C17H28N6O2. The van der Waals surface area contributed by atoms with Crippen LogP contribution in [0.1, 0.15) is 19.3 Å². The van der Waals surface area contributed by atoms with Crippen molar-refractivity contribution in [1.29, 1.82) is 0 Å². The van der Waals surface area contributed by atoms with E-state index in [-0.39, 0.29) is 11.2 Å². The Hall–Kier alpha value is -1.93. The highest BCUT2D eigenvalue weighted by molar-refractivity contribution is 5.69. The molecule has 3 heterocycles. The number of hydrogen-bond donors (Lipinski definition) is 0. The second-order valence-electron chi connectivity index (χ2n) is 7.24. The van der Waals surface area contributed by atoms with Gasteiger partial charge in [0.1, 0.15) is 0 Å². The molecule has 1 fully saturated rings. The lowest BCUT2D eigenvalue weighted by Gasteiger charge is -2.36. The Kier molecular flexibility index (Phi) is 5.10. The molecule has 3 rings (SSSR count). The highest BCUT2D eigenvalue weighted by Crippen LogP contribution is 2.14. The quantitative estimate of drug-likeness (QED) is 0.752. The molecule has 1 aliphatic heterocycles. The third-order valence-electron chi connectivity index (χ3n) is 5.27. The zero-order chi connectivity index (χ0) is 18.1. The SMILES string of the molecule is CN(C)C1CCCN(CCCn2c(=O)c3c(ncn3C)n(C)c2=O)C1. The summed E-state index contributed by atoms with van der Waals surface area (Å²) in [6.07, 6.45) is 4.80. The summed E-state index contributed by atoms with van der Waals surface area (Å²) in [5.41, 5.74) is 0.385. The van der Waals surface area contributed by atoms with Crippen molar-refractivity contribution >= 4 is 11.2 Å². The number of fused-ring (bicyclic) bond motifs is 1. The van der Waals surface area contributed by atoms with E-state index in [0.29, 0.717) is 23.8 Å². The van der Waals surface area contributed by atoms with Crippen molar-refractivity contribution in [3.8, 4) is 0 Å². The molecule has 2 aromatic rings. The fraction of sp³-hybridized carbons (Fsp3) is 0.706. The molecule has 138 valence electrons. The van der Waals surface area contributed by atoms with Crippen LogP contribution in [0.25, 0.3) is 11.2 Å². The average molecular weight is 348 g/mol. The summed E-state index contributed by atoms with van der Waals surface area (Å²) in [6.45, 7) is 3.50. The van der Waals surface area contributed by atoms with E-state index < -0.39 is 0 Å². The standard InChI is InChI=1S/C17H28N6O2/c1-19(2)13-7-5-8-22(11-13)9-6-10-23-16(24)14-15(18-12-20(14)3)21(4)17(23)25/h12-13H,5-11H2,1-4H3. The van der Waals surface area contributed by atoms with Gasteiger partial charge in [0.15, 0.2) is 11.2 Å². The van der Waals surface area contributed by atoms with E-state index >= 15 is 0 Å². The van der Waals surface area contributed by atoms with Gasteiger partial charge in [0.05, 0.1) is 6.33 Å². The summed E-state index contributed by atoms with van der Waals surface area (Å²) in [4.78, 5) is 34.0. The van der Waals surface area contributed by atoms with Crippen molar-refractivity contribution in [2.75, 3.05) is 33.7 Å². The topological polar surface area (TPSA) is 68.3 Å². The van der Waals surface area contributed by atoms with Gasteiger partial charge in [-0.15, -0.1) is 0 Å². The van der Waals surface area contributed by atoms with Crippen LogP contribution in [0.4, 0.5) is 0 Å². The van der Waals surface area contributed by atoms with Gasteiger partial charge >= 0.3 is 5.69 Å². The van der Waals surface area contributed by atoms with Crippen molar-refractivity contribution in [2.45, 2.75) is 31.8 Å². The first kappa shape index (κ1) is 17.9. The number of piperidine rings is 1. The summed E-state index contributed by atoms with van der Waals surface area (Å²) in [5, 5.41) is 0. The van der Waals surface area contributed by atoms with E-state index in [2.05, 4.69) is 28.9 Å². The molecule has 0 aromatic carbocycles. The number of likely N-dealkylation sites (tertiary alicyclic amines) is 1. The summed E-state index contributed by atoms with van der Waals surface area (Å²) < 4.78 is 4.48. The van der Waals surface area contributed by atoms with E-state index in [0.717, 1.165) is 26.1 Å². The van der Waals surface area contributed by atoms with Gasteiger partial charge in [0.2, 0.25) is 0 Å². The minimum atomic E-state index is -0.291. The Labute approximate surface area is 147 Å². The first-order valence-corrected chi connectivity index (χ1v) is 8.89. The van der Waals surface area contributed by atoms with Gasteiger partial charge in [-0.25, -0.2) is 9.78 Å². The molecule has 0 amide bonds. The van der Waals surface area contributed by atoms with Crippen LogP contribution < -0.4 is 11.2 Å². The van der Waals surface area contributed by atoms with E-state index in [1.807, 2.05) is 0 Å². The second kappa shape index (κ2) is 7.13. The number of rotatable bonds is 5. The van der Waals surface area contributed by atoms with Crippen LogP contribution in [0, 0.1) is 0 Å². The molecule has 0 aliphatic carbocycles. The molecule has 1 atom stereocenters. The highest BCUT2D eigenvalue weighted by Gasteiger charge is 2.21. The molecule has 0 radical (unpaired) electrons. The van der Waals surface area contributed by atoms with Crippen molar-refractivity contribution in [2.24, 2.45) is 14.1 Å². The zero-order valence-corrected chi connectivity index (χ0v) is 15.6. The molecule has 0 saturated carbocycles. The van der Waals surface area contributed by atoms with Crippen LogP contribution in [0.5, 0.6) is 0 Å². The maximum atomic E-state index is 12.7. The van der Waals surface area contributed by atoms with Gasteiger partial charge in [-0.05, 0) is 46.4 Å². The molecular weight excluding hydrogens is 320 g/mol. The van der Waals surface area contributed by atoms with Crippen molar-refractivity contribution < 1.29 is 0 Å². The van der Waals surface area contributed by atoms with E-state index in [9.17, 15) is 9.59 Å². The Bertz CT molecular complexity index is 862. The predicted octanol–water partition coefficient (Wildman–Crippen LogP) is -0.150. The largest absolute Gasteiger partial charge is 0.332 e. The number of hydrogen-bond acceptors (Lipinski definition) is 5. The summed E-state index contributed by atoms with van der Waals surface area (Å²) >= 11 is 0. The van der Waals surface area contributed by atoms with Crippen molar-refractivity contribution in [1.82, 2.24) is 28.5 Å². The predicted molar refractivity (Wildman–Crippen MR) is 98.0 cm³/mol. The number of imidazole rings is 1. The van der Waals surface area contributed by atoms with E-state index in [1.165, 1.54) is 22.0 Å². The van der Waals surface area contributed by atoms with Gasteiger partial charge in [-0.2, -0.15) is 0 Å². The lowest BCUT2D eigenvalue weighted by Crippen LogP contribution is -2.46. The molecule has 2 aromatic heterocycles. The normalized spacial score (nSPS) is 19.2. The van der Waals surface area contributed by atoms with Gasteiger partial charge in [0.25, 0.3) is 5.56 Å². The number of nitrogens with zero attached hydrogens (tertiary/aromatic N) is 6. The third kappa shape index (κ3) is 3.41. The lowest BCUT2D eigenvalue weighted by molar-refractivity contribution is 0.131. The highest BCUT2D eigenvalue weighted by atomic mass is 16.2. The molecule has 1 aliphatic rings. The summed E-state index contributed by atoms with van der Waals surface area (Å²) in [5.74, 6) is 0. The molecule has 0 spiro atoms. The molecule has 8 heteroatoms. The Morgan fingerprint density at radius 2 is 2.00 bits per heavy atom. The van der Waals surface area contributed by atoms with E-state index in [4.69, 9.17) is 0 Å². The van der Waals surface area contributed by atoms with Crippen LogP contribution in [-0.4, -0.2) is 68.3 Å². The molecule has 1 unspecified atom stereocenters. The monoisotopic (exact) mass is 348 g/mol. The van der Waals surface area contributed by atoms with Gasteiger partial charge in [0, 0.05) is 33.2 Å². The zero-order valence-electron chi connectivity index (χ0n) is 15.6. The lowest BCUT2D eigenvalue weighted by atomic mass is 10.0. The average Bonchev–Trinajstić information content (AvgIpc) is 2.98. The smallest absolute Gasteiger partial charge is 0.328 e. The third-order valence-corrected chi connectivity index (χ3v) is 5.27. The van der Waals surface area contributed by atoms with Crippen LogP contribution >= 0.6 is 0 Å². The van der Waals surface area contributed by atoms with Gasteiger partial charge < -0.3 is 14.4 Å². The van der Waals surface area contributed by atoms with E-state index in [1.54, 1.807) is 25.0 Å². The van der Waals surface area contributed by atoms with Gasteiger partial charge in [-0.3, -0.25) is 13.9 Å². The fourth-order valence-corrected chi connectivity index (χ4v) is 3.70. The molecule has 8 nitrogen and oxygen atoms in total. The summed E-state index contributed by atoms with van der Waals surface area (Å²) in [7, 11) is 7.70. The number of aryl methyl sites for hydroxylation is 2. The van der Waals surface area contributed by atoms with Crippen LogP contribution in [0.2, 0.25) is 0 Å². The number of likely N-dealkylation sites (N-methyl/N-ethyl adjacent to an activating group) is 1. The first-order chi connectivity index (χ1) is 11.9. The van der Waals surface area contributed by atoms with Crippen molar-refractivity contribution in [3.05, 3.63) is 27.2 Å². The Balaban J connectivity index is 1.73. The Morgan fingerprint density at radius 1 is 1.24 bits per heavy atom. The minimum absolute atomic E-state index is 0.247. The summed E-state index contributed by atoms with van der Waals surface area (Å²) in [6, 6.07) is 0.593. The molecule has 1 saturated heterocycles. The first-order valence-electron chi connectivity index (χ1n) is 8.89.